The lowest BCUT2D eigenvalue weighted by Gasteiger charge is -2.27. The zero-order valence-corrected chi connectivity index (χ0v) is 13.7. The molecule has 0 bridgehead atoms. The highest BCUT2D eigenvalue weighted by atomic mass is 16.3. The van der Waals surface area contributed by atoms with E-state index in [2.05, 4.69) is 0 Å². The summed E-state index contributed by atoms with van der Waals surface area (Å²) in [4.78, 5) is 26.2. The lowest BCUT2D eigenvalue weighted by atomic mass is 9.91. The maximum atomic E-state index is 12.6. The third-order valence-electron chi connectivity index (χ3n) is 3.88. The number of aliphatic hydroxyl groups excluding tert-OH is 1. The molecule has 2 rings (SSSR count). The molecule has 24 heavy (non-hydrogen) atoms. The van der Waals surface area contributed by atoms with Crippen molar-refractivity contribution in [3.05, 3.63) is 35.1 Å². The standard InChI is InChI=1S/C17H22N2O5/c1-9(2)7-13(22)14-15(11-4-3-10(20)8-12(11)21)19(6-5-18)17(24)16(14)23/h3-4,8-9,15,20-21,23H,5-7,18H2,1-2H3. The lowest BCUT2D eigenvalue weighted by molar-refractivity contribution is -0.129. The van der Waals surface area contributed by atoms with Gasteiger partial charge in [-0.15, -0.1) is 0 Å². The molecule has 1 unspecified atom stereocenters. The molecule has 1 heterocycles. The van der Waals surface area contributed by atoms with Gasteiger partial charge in [0, 0.05) is 31.1 Å². The van der Waals surface area contributed by atoms with Crippen LogP contribution in [0.5, 0.6) is 11.5 Å². The van der Waals surface area contributed by atoms with E-state index in [1.165, 1.54) is 17.0 Å². The van der Waals surface area contributed by atoms with Crippen LogP contribution in [0, 0.1) is 5.92 Å². The number of hydrogen-bond acceptors (Lipinski definition) is 6. The number of Topliss-reactive ketones (excluding diaryl/α,β-unsaturated/α-hetero) is 1. The molecule has 5 N–H and O–H groups in total. The van der Waals surface area contributed by atoms with E-state index in [0.29, 0.717) is 0 Å². The zero-order chi connectivity index (χ0) is 18.0. The van der Waals surface area contributed by atoms with Crippen LogP contribution in [0.1, 0.15) is 31.9 Å². The van der Waals surface area contributed by atoms with Crippen LogP contribution in [0.2, 0.25) is 0 Å². The number of aromatic hydroxyl groups is 2. The minimum absolute atomic E-state index is 0.0388. The normalized spacial score (nSPS) is 17.9. The van der Waals surface area contributed by atoms with Crippen LogP contribution >= 0.6 is 0 Å². The van der Waals surface area contributed by atoms with E-state index in [1.54, 1.807) is 0 Å². The number of amides is 1. The van der Waals surface area contributed by atoms with Crippen molar-refractivity contribution >= 4 is 11.7 Å². The van der Waals surface area contributed by atoms with E-state index in [-0.39, 0.29) is 53.8 Å². The molecule has 1 aromatic rings. The van der Waals surface area contributed by atoms with Crippen molar-refractivity contribution in [3.8, 4) is 11.5 Å². The van der Waals surface area contributed by atoms with Gasteiger partial charge in [0.05, 0.1) is 11.6 Å². The zero-order valence-electron chi connectivity index (χ0n) is 13.7. The van der Waals surface area contributed by atoms with E-state index >= 15 is 0 Å². The summed E-state index contributed by atoms with van der Waals surface area (Å²) in [5.41, 5.74) is 5.76. The number of ketones is 1. The number of hydrogen-bond donors (Lipinski definition) is 4. The summed E-state index contributed by atoms with van der Waals surface area (Å²) in [7, 11) is 0. The maximum absolute atomic E-state index is 12.6. The third-order valence-corrected chi connectivity index (χ3v) is 3.88. The van der Waals surface area contributed by atoms with Crippen molar-refractivity contribution in [2.45, 2.75) is 26.3 Å². The Hall–Kier alpha value is -2.54. The molecule has 1 aliphatic heterocycles. The third kappa shape index (κ3) is 3.21. The predicted octanol–water partition coefficient (Wildman–Crippen LogP) is 1.37. The number of phenolic OH excluding ortho intramolecular Hbond substituents is 2. The number of phenols is 2. The Morgan fingerprint density at radius 3 is 2.50 bits per heavy atom. The highest BCUT2D eigenvalue weighted by Crippen LogP contribution is 2.42. The second-order valence-corrected chi connectivity index (χ2v) is 6.22. The van der Waals surface area contributed by atoms with Crippen LogP contribution in [-0.2, 0) is 9.59 Å². The van der Waals surface area contributed by atoms with Gasteiger partial charge in [0.25, 0.3) is 5.91 Å². The average molecular weight is 334 g/mol. The molecule has 7 nitrogen and oxygen atoms in total. The molecule has 1 atom stereocenters. The van der Waals surface area contributed by atoms with Crippen LogP contribution in [-0.4, -0.2) is 45.0 Å². The Bertz CT molecular complexity index is 696. The summed E-state index contributed by atoms with van der Waals surface area (Å²) in [6.07, 6.45) is 0.165. The van der Waals surface area contributed by atoms with E-state index in [0.717, 1.165) is 6.07 Å². The quantitative estimate of drug-likeness (QED) is 0.623. The molecule has 1 aromatic carbocycles. The fourth-order valence-electron chi connectivity index (χ4n) is 2.88. The molecule has 0 spiro atoms. The van der Waals surface area contributed by atoms with E-state index < -0.39 is 17.7 Å². The first-order chi connectivity index (χ1) is 11.3. The van der Waals surface area contributed by atoms with E-state index in [1.807, 2.05) is 13.8 Å². The van der Waals surface area contributed by atoms with Crippen LogP contribution in [0.3, 0.4) is 0 Å². The number of rotatable bonds is 6. The smallest absolute Gasteiger partial charge is 0.290 e. The highest BCUT2D eigenvalue weighted by Gasteiger charge is 2.43. The Labute approximate surface area is 140 Å². The predicted molar refractivity (Wildman–Crippen MR) is 87.4 cm³/mol. The molecule has 0 saturated heterocycles. The van der Waals surface area contributed by atoms with Crippen LogP contribution in [0.4, 0.5) is 0 Å². The molecule has 0 aliphatic carbocycles. The molecule has 1 aliphatic rings. The first-order valence-corrected chi connectivity index (χ1v) is 7.77. The van der Waals surface area contributed by atoms with Gasteiger partial charge >= 0.3 is 0 Å². The summed E-state index contributed by atoms with van der Waals surface area (Å²) >= 11 is 0. The molecule has 0 radical (unpaired) electrons. The van der Waals surface area contributed by atoms with E-state index in [9.17, 15) is 24.9 Å². The lowest BCUT2D eigenvalue weighted by Crippen LogP contribution is -2.35. The topological polar surface area (TPSA) is 124 Å². The van der Waals surface area contributed by atoms with Gasteiger partial charge in [-0.2, -0.15) is 0 Å². The van der Waals surface area contributed by atoms with Crippen LogP contribution < -0.4 is 5.73 Å². The molecule has 1 amide bonds. The van der Waals surface area contributed by atoms with Gasteiger partial charge < -0.3 is 26.0 Å². The number of carbonyl (C=O) groups excluding carboxylic acids is 2. The van der Waals surface area contributed by atoms with Crippen molar-refractivity contribution in [3.63, 3.8) is 0 Å². The second-order valence-electron chi connectivity index (χ2n) is 6.22. The first-order valence-electron chi connectivity index (χ1n) is 7.77. The average Bonchev–Trinajstić information content (AvgIpc) is 2.72. The van der Waals surface area contributed by atoms with Crippen molar-refractivity contribution in [1.82, 2.24) is 4.90 Å². The summed E-state index contributed by atoms with van der Waals surface area (Å²) in [5.74, 6) is -2.01. The van der Waals surface area contributed by atoms with Crippen molar-refractivity contribution in [2.24, 2.45) is 11.7 Å². The minimum Gasteiger partial charge on any atom is -0.508 e. The van der Waals surface area contributed by atoms with Gasteiger partial charge in [-0.25, -0.2) is 0 Å². The molecule has 0 saturated carbocycles. The summed E-state index contributed by atoms with van der Waals surface area (Å²) in [6, 6.07) is 2.97. The molecule has 0 fully saturated rings. The Morgan fingerprint density at radius 2 is 1.96 bits per heavy atom. The second kappa shape index (κ2) is 6.92. The first kappa shape index (κ1) is 17.8. The summed E-state index contributed by atoms with van der Waals surface area (Å²) in [5, 5.41) is 29.8. The van der Waals surface area contributed by atoms with Crippen molar-refractivity contribution in [1.29, 1.82) is 0 Å². The van der Waals surface area contributed by atoms with Gasteiger partial charge in [0.2, 0.25) is 0 Å². The Balaban J connectivity index is 2.55. The SMILES string of the molecule is CC(C)CC(=O)C1=C(O)C(=O)N(CCN)C1c1ccc(O)cc1O. The molecule has 0 aromatic heterocycles. The molecular formula is C17H22N2O5. The van der Waals surface area contributed by atoms with Crippen molar-refractivity contribution < 1.29 is 24.9 Å². The van der Waals surface area contributed by atoms with Gasteiger partial charge in [-0.1, -0.05) is 13.8 Å². The number of carbonyl (C=O) groups is 2. The molecule has 7 heteroatoms. The maximum Gasteiger partial charge on any atom is 0.290 e. The van der Waals surface area contributed by atoms with Gasteiger partial charge in [0.15, 0.2) is 11.5 Å². The molecule has 130 valence electrons. The number of nitrogens with zero attached hydrogens (tertiary/aromatic N) is 1. The number of benzene rings is 1. The minimum atomic E-state index is -0.923. The van der Waals surface area contributed by atoms with Gasteiger partial charge in [0.1, 0.15) is 11.5 Å². The fraction of sp³-hybridized carbons (Fsp3) is 0.412. The number of nitrogens with two attached hydrogens (primary N) is 1. The van der Waals surface area contributed by atoms with Crippen LogP contribution in [0.15, 0.2) is 29.5 Å². The van der Waals surface area contributed by atoms with Crippen LogP contribution in [0.25, 0.3) is 0 Å². The fourth-order valence-corrected chi connectivity index (χ4v) is 2.88. The molecular weight excluding hydrogens is 312 g/mol. The highest BCUT2D eigenvalue weighted by molar-refractivity contribution is 6.09. The Kier molecular flexibility index (Phi) is 5.14. The van der Waals surface area contributed by atoms with Crippen molar-refractivity contribution in [2.75, 3.05) is 13.1 Å². The largest absolute Gasteiger partial charge is 0.508 e. The monoisotopic (exact) mass is 334 g/mol. The summed E-state index contributed by atoms with van der Waals surface area (Å²) < 4.78 is 0. The summed E-state index contributed by atoms with van der Waals surface area (Å²) in [6.45, 7) is 3.97. The number of aliphatic hydroxyl groups is 1. The van der Waals surface area contributed by atoms with Gasteiger partial charge in [-0.3, -0.25) is 9.59 Å². The Morgan fingerprint density at radius 1 is 1.29 bits per heavy atom. The van der Waals surface area contributed by atoms with E-state index in [4.69, 9.17) is 5.73 Å². The van der Waals surface area contributed by atoms with Gasteiger partial charge in [-0.05, 0) is 18.1 Å².